The zero-order valence-corrected chi connectivity index (χ0v) is 12.8. The number of nitriles is 1. The van der Waals surface area contributed by atoms with Crippen molar-refractivity contribution in [2.45, 2.75) is 6.42 Å². The number of hydrogen-bond acceptors (Lipinski definition) is 3. The first-order valence-electron chi connectivity index (χ1n) is 6.40. The highest BCUT2D eigenvalue weighted by Crippen LogP contribution is 2.21. The second-order valence-electron chi connectivity index (χ2n) is 4.23. The molecule has 0 unspecified atom stereocenters. The molecule has 0 aromatic heterocycles. The molecule has 0 bridgehead atoms. The number of para-hydroxylation sites is 1. The van der Waals surface area contributed by atoms with E-state index in [4.69, 9.17) is 14.7 Å². The lowest BCUT2D eigenvalue weighted by Crippen LogP contribution is -2.06. The van der Waals surface area contributed by atoms with E-state index in [1.807, 2.05) is 6.07 Å². The predicted molar refractivity (Wildman–Crippen MR) is 80.9 cm³/mol. The average Bonchev–Trinajstić information content (AvgIpc) is 2.49. The van der Waals surface area contributed by atoms with Crippen LogP contribution in [0.3, 0.4) is 0 Å². The number of ether oxygens (including phenoxy) is 2. The van der Waals surface area contributed by atoms with E-state index in [0.717, 1.165) is 0 Å². The van der Waals surface area contributed by atoms with Crippen molar-refractivity contribution in [3.8, 4) is 17.6 Å². The van der Waals surface area contributed by atoms with E-state index >= 15 is 0 Å². The van der Waals surface area contributed by atoms with E-state index in [2.05, 4.69) is 22.0 Å². The molecule has 0 N–H and O–H groups in total. The molecule has 21 heavy (non-hydrogen) atoms. The Hall–Kier alpha value is -2.06. The summed E-state index contributed by atoms with van der Waals surface area (Å²) in [7, 11) is 0. The Morgan fingerprint density at radius 3 is 2.48 bits per heavy atom. The predicted octanol–water partition coefficient (Wildman–Crippen LogP) is 4.31. The van der Waals surface area contributed by atoms with Crippen molar-refractivity contribution in [2.75, 3.05) is 13.2 Å². The number of rotatable bonds is 6. The molecule has 0 atom stereocenters. The minimum absolute atomic E-state index is 0.218. The molecule has 3 nitrogen and oxygen atoms in total. The van der Waals surface area contributed by atoms with Gasteiger partial charge in [0.2, 0.25) is 0 Å². The van der Waals surface area contributed by atoms with E-state index in [-0.39, 0.29) is 5.75 Å². The van der Waals surface area contributed by atoms with Gasteiger partial charge in [-0.15, -0.1) is 0 Å². The molecule has 2 aromatic carbocycles. The van der Waals surface area contributed by atoms with Crippen LogP contribution >= 0.6 is 15.9 Å². The molecule has 0 saturated carbocycles. The van der Waals surface area contributed by atoms with E-state index in [9.17, 15) is 4.39 Å². The molecule has 0 aliphatic rings. The highest BCUT2D eigenvalue weighted by atomic mass is 79.9. The summed E-state index contributed by atoms with van der Waals surface area (Å²) in [4.78, 5) is 0. The van der Waals surface area contributed by atoms with Gasteiger partial charge in [-0.3, -0.25) is 0 Å². The van der Waals surface area contributed by atoms with E-state index in [1.54, 1.807) is 30.3 Å². The monoisotopic (exact) mass is 349 g/mol. The van der Waals surface area contributed by atoms with Gasteiger partial charge in [0.05, 0.1) is 18.8 Å². The van der Waals surface area contributed by atoms with Crippen molar-refractivity contribution in [3.05, 3.63) is 58.3 Å². The fourth-order valence-electron chi connectivity index (χ4n) is 1.70. The van der Waals surface area contributed by atoms with Crippen LogP contribution < -0.4 is 9.47 Å². The first-order chi connectivity index (χ1) is 10.2. The van der Waals surface area contributed by atoms with Crippen LogP contribution in [0.4, 0.5) is 4.39 Å². The van der Waals surface area contributed by atoms with Crippen molar-refractivity contribution < 1.29 is 13.9 Å². The van der Waals surface area contributed by atoms with Crippen molar-refractivity contribution in [2.24, 2.45) is 0 Å². The highest BCUT2D eigenvalue weighted by Gasteiger charge is 2.04. The normalized spacial score (nSPS) is 9.95. The number of halogens is 2. The van der Waals surface area contributed by atoms with Crippen LogP contribution in [0.25, 0.3) is 0 Å². The number of benzene rings is 2. The van der Waals surface area contributed by atoms with Crippen LogP contribution in [0.5, 0.6) is 11.5 Å². The lowest BCUT2D eigenvalue weighted by molar-refractivity contribution is 0.241. The Labute approximate surface area is 131 Å². The zero-order chi connectivity index (χ0) is 15.1. The maximum absolute atomic E-state index is 13.5. The Balaban J connectivity index is 1.76. The average molecular weight is 350 g/mol. The maximum atomic E-state index is 13.5. The summed E-state index contributed by atoms with van der Waals surface area (Å²) < 4.78 is 25.0. The third kappa shape index (κ3) is 4.47. The molecule has 108 valence electrons. The fourth-order valence-corrected chi connectivity index (χ4v) is 2.03. The van der Waals surface area contributed by atoms with E-state index in [1.165, 1.54) is 6.07 Å². The molecule has 0 heterocycles. The van der Waals surface area contributed by atoms with Crippen LogP contribution in [0, 0.1) is 17.1 Å². The summed E-state index contributed by atoms with van der Waals surface area (Å²) in [6.07, 6.45) is 0.593. The van der Waals surface area contributed by atoms with Gasteiger partial charge in [-0.2, -0.15) is 5.26 Å². The molecule has 0 aliphatic heterocycles. The molecule has 0 radical (unpaired) electrons. The topological polar surface area (TPSA) is 42.2 Å². The van der Waals surface area contributed by atoms with Gasteiger partial charge in [0.25, 0.3) is 0 Å². The largest absolute Gasteiger partial charge is 0.492 e. The first kappa shape index (κ1) is 15.3. The van der Waals surface area contributed by atoms with Crippen LogP contribution in [-0.4, -0.2) is 13.2 Å². The smallest absolute Gasteiger partial charge is 0.166 e. The minimum atomic E-state index is -0.403. The summed E-state index contributed by atoms with van der Waals surface area (Å²) in [5.41, 5.74) is 0.498. The number of nitrogens with zero attached hydrogens (tertiary/aromatic N) is 1. The van der Waals surface area contributed by atoms with Crippen LogP contribution in [0.15, 0.2) is 46.9 Å². The Bertz CT molecular complexity index is 655. The Morgan fingerprint density at radius 2 is 1.76 bits per heavy atom. The van der Waals surface area contributed by atoms with Crippen LogP contribution in [-0.2, 0) is 0 Å². The minimum Gasteiger partial charge on any atom is -0.492 e. The molecule has 0 aliphatic carbocycles. The zero-order valence-electron chi connectivity index (χ0n) is 11.2. The molecule has 0 fully saturated rings. The van der Waals surface area contributed by atoms with Crippen molar-refractivity contribution in [1.29, 1.82) is 5.26 Å². The summed E-state index contributed by atoms with van der Waals surface area (Å²) in [6.45, 7) is 0.740. The van der Waals surface area contributed by atoms with Gasteiger partial charge >= 0.3 is 0 Å². The van der Waals surface area contributed by atoms with Crippen molar-refractivity contribution in [1.82, 2.24) is 0 Å². The standard InChI is InChI=1S/C16H13BrFNO2/c17-13-6-7-16(14(18)10-13)21-9-3-8-20-15-5-2-1-4-12(15)11-19/h1-2,4-7,10H,3,8-9H2. The van der Waals surface area contributed by atoms with Gasteiger partial charge in [-0.25, -0.2) is 4.39 Å². The first-order valence-corrected chi connectivity index (χ1v) is 7.20. The maximum Gasteiger partial charge on any atom is 0.166 e. The molecule has 0 amide bonds. The molecular formula is C16H13BrFNO2. The summed E-state index contributed by atoms with van der Waals surface area (Å²) >= 11 is 3.19. The molecule has 0 spiro atoms. The van der Waals surface area contributed by atoms with Gasteiger partial charge in [0, 0.05) is 10.9 Å². The van der Waals surface area contributed by atoms with Gasteiger partial charge in [-0.1, -0.05) is 28.1 Å². The van der Waals surface area contributed by atoms with Crippen LogP contribution in [0.2, 0.25) is 0 Å². The SMILES string of the molecule is N#Cc1ccccc1OCCCOc1ccc(Br)cc1F. The summed E-state index contributed by atoms with van der Waals surface area (Å²) in [5.74, 6) is 0.366. The van der Waals surface area contributed by atoms with E-state index in [0.29, 0.717) is 35.4 Å². The molecule has 5 heteroatoms. The van der Waals surface area contributed by atoms with Gasteiger partial charge in [-0.05, 0) is 30.3 Å². The number of hydrogen-bond donors (Lipinski definition) is 0. The molecule has 0 saturated heterocycles. The van der Waals surface area contributed by atoms with Crippen molar-refractivity contribution >= 4 is 15.9 Å². The third-order valence-corrected chi connectivity index (χ3v) is 3.20. The van der Waals surface area contributed by atoms with Gasteiger partial charge < -0.3 is 9.47 Å². The second kappa shape index (κ2) is 7.65. The summed E-state index contributed by atoms with van der Waals surface area (Å²) in [5, 5.41) is 8.92. The van der Waals surface area contributed by atoms with Crippen molar-refractivity contribution in [3.63, 3.8) is 0 Å². The lowest BCUT2D eigenvalue weighted by Gasteiger charge is -2.09. The van der Waals surface area contributed by atoms with Gasteiger partial charge in [0.15, 0.2) is 11.6 Å². The van der Waals surface area contributed by atoms with Gasteiger partial charge in [0.1, 0.15) is 11.8 Å². The fraction of sp³-hybridized carbons (Fsp3) is 0.188. The third-order valence-electron chi connectivity index (χ3n) is 2.71. The molecule has 2 aromatic rings. The second-order valence-corrected chi connectivity index (χ2v) is 5.15. The quantitative estimate of drug-likeness (QED) is 0.729. The summed E-state index contributed by atoms with van der Waals surface area (Å²) in [6, 6.07) is 13.7. The lowest BCUT2D eigenvalue weighted by atomic mass is 10.2. The van der Waals surface area contributed by atoms with Crippen LogP contribution in [0.1, 0.15) is 12.0 Å². The Morgan fingerprint density at radius 1 is 1.05 bits per heavy atom. The van der Waals surface area contributed by atoms with E-state index < -0.39 is 5.82 Å². The molecular weight excluding hydrogens is 337 g/mol. The highest BCUT2D eigenvalue weighted by molar-refractivity contribution is 9.10. The molecule has 2 rings (SSSR count). The Kier molecular flexibility index (Phi) is 5.59.